The van der Waals surface area contributed by atoms with Gasteiger partial charge in [-0.25, -0.2) is 0 Å². The van der Waals surface area contributed by atoms with Crippen LogP contribution in [-0.2, 0) is 11.3 Å². The molecule has 84 valence electrons. The predicted molar refractivity (Wildman–Crippen MR) is 67.0 cm³/mol. The van der Waals surface area contributed by atoms with Crippen molar-refractivity contribution < 1.29 is 4.74 Å². The molecular formula is C11H17BrN2O. The number of benzene rings is 1. The number of hydrogen-bond donors (Lipinski definition) is 2. The van der Waals surface area contributed by atoms with Gasteiger partial charge in [0, 0.05) is 35.4 Å². The highest BCUT2D eigenvalue weighted by Crippen LogP contribution is 2.25. The Balaban J connectivity index is 2.89. The highest BCUT2D eigenvalue weighted by Gasteiger charge is 2.07. The van der Waals surface area contributed by atoms with Crippen LogP contribution in [0.1, 0.15) is 12.5 Å². The predicted octanol–water partition coefficient (Wildman–Crippen LogP) is 2.35. The van der Waals surface area contributed by atoms with E-state index in [1.165, 1.54) is 0 Å². The SMILES string of the molecule is COCc1c(Br)cccc1NC(C)CN. The number of halogens is 1. The Morgan fingerprint density at radius 2 is 2.27 bits per heavy atom. The van der Waals surface area contributed by atoms with Gasteiger partial charge in [-0.2, -0.15) is 0 Å². The van der Waals surface area contributed by atoms with Crippen LogP contribution in [0.2, 0.25) is 0 Å². The maximum absolute atomic E-state index is 5.58. The molecular weight excluding hydrogens is 256 g/mol. The van der Waals surface area contributed by atoms with Gasteiger partial charge in [-0.3, -0.25) is 0 Å². The number of anilines is 1. The van der Waals surface area contributed by atoms with Crippen molar-refractivity contribution in [3.8, 4) is 0 Å². The van der Waals surface area contributed by atoms with Gasteiger partial charge in [0.15, 0.2) is 0 Å². The highest BCUT2D eigenvalue weighted by atomic mass is 79.9. The van der Waals surface area contributed by atoms with Crippen LogP contribution in [0.25, 0.3) is 0 Å². The summed E-state index contributed by atoms with van der Waals surface area (Å²) in [5, 5.41) is 3.35. The van der Waals surface area contributed by atoms with Crippen LogP contribution in [0, 0.1) is 0 Å². The fraction of sp³-hybridized carbons (Fsp3) is 0.455. The molecule has 4 heteroatoms. The smallest absolute Gasteiger partial charge is 0.0744 e. The topological polar surface area (TPSA) is 47.3 Å². The van der Waals surface area contributed by atoms with Gasteiger partial charge < -0.3 is 15.8 Å². The van der Waals surface area contributed by atoms with Gasteiger partial charge in [-0.15, -0.1) is 0 Å². The van der Waals surface area contributed by atoms with Gasteiger partial charge in [0.05, 0.1) is 6.61 Å². The second-order valence-corrected chi connectivity index (χ2v) is 4.33. The average molecular weight is 273 g/mol. The molecule has 3 nitrogen and oxygen atoms in total. The highest BCUT2D eigenvalue weighted by molar-refractivity contribution is 9.10. The average Bonchev–Trinajstić information content (AvgIpc) is 2.23. The largest absolute Gasteiger partial charge is 0.381 e. The monoisotopic (exact) mass is 272 g/mol. The van der Waals surface area contributed by atoms with Crippen LogP contribution in [0.15, 0.2) is 22.7 Å². The first kappa shape index (κ1) is 12.5. The maximum Gasteiger partial charge on any atom is 0.0744 e. The molecule has 0 saturated heterocycles. The van der Waals surface area contributed by atoms with Crippen LogP contribution < -0.4 is 11.1 Å². The Morgan fingerprint density at radius 3 is 2.87 bits per heavy atom. The molecule has 0 bridgehead atoms. The molecule has 0 aliphatic carbocycles. The fourth-order valence-electron chi connectivity index (χ4n) is 1.31. The molecule has 0 spiro atoms. The number of nitrogens with two attached hydrogens (primary N) is 1. The van der Waals surface area contributed by atoms with Crippen LogP contribution in [0.3, 0.4) is 0 Å². The molecule has 1 aromatic rings. The number of nitrogens with one attached hydrogen (secondary N) is 1. The first-order valence-electron chi connectivity index (χ1n) is 4.92. The third kappa shape index (κ3) is 3.48. The standard InChI is InChI=1S/C11H17BrN2O/c1-8(6-13)14-11-5-3-4-10(12)9(11)7-15-2/h3-5,8,14H,6-7,13H2,1-2H3. The zero-order valence-corrected chi connectivity index (χ0v) is 10.7. The molecule has 0 aliphatic heterocycles. The van der Waals surface area contributed by atoms with E-state index in [0.29, 0.717) is 13.2 Å². The fourth-order valence-corrected chi connectivity index (χ4v) is 1.79. The van der Waals surface area contributed by atoms with Crippen molar-refractivity contribution in [1.82, 2.24) is 0 Å². The van der Waals surface area contributed by atoms with Crippen LogP contribution in [-0.4, -0.2) is 19.7 Å². The zero-order valence-electron chi connectivity index (χ0n) is 9.09. The Bertz CT molecular complexity index is 317. The summed E-state index contributed by atoms with van der Waals surface area (Å²) in [7, 11) is 1.69. The van der Waals surface area contributed by atoms with E-state index < -0.39 is 0 Å². The molecule has 0 aromatic heterocycles. The molecule has 3 N–H and O–H groups in total. The zero-order chi connectivity index (χ0) is 11.3. The lowest BCUT2D eigenvalue weighted by Crippen LogP contribution is -2.25. The van der Waals surface area contributed by atoms with E-state index in [1.807, 2.05) is 18.2 Å². The van der Waals surface area contributed by atoms with E-state index in [0.717, 1.165) is 15.7 Å². The molecule has 0 radical (unpaired) electrons. The van der Waals surface area contributed by atoms with Gasteiger partial charge in [0.25, 0.3) is 0 Å². The lowest BCUT2D eigenvalue weighted by molar-refractivity contribution is 0.185. The van der Waals surface area contributed by atoms with Crippen molar-refractivity contribution in [1.29, 1.82) is 0 Å². The summed E-state index contributed by atoms with van der Waals surface area (Å²) in [6.45, 7) is 3.25. The van der Waals surface area contributed by atoms with Gasteiger partial charge in [-0.05, 0) is 19.1 Å². The van der Waals surface area contributed by atoms with Crippen LogP contribution >= 0.6 is 15.9 Å². The third-order valence-corrected chi connectivity index (χ3v) is 2.91. The molecule has 0 aliphatic rings. The normalized spacial score (nSPS) is 12.5. The van der Waals surface area contributed by atoms with E-state index in [2.05, 4.69) is 28.2 Å². The van der Waals surface area contributed by atoms with Crippen molar-refractivity contribution in [2.75, 3.05) is 19.0 Å². The summed E-state index contributed by atoms with van der Waals surface area (Å²) in [6.07, 6.45) is 0. The van der Waals surface area contributed by atoms with Crippen LogP contribution in [0.5, 0.6) is 0 Å². The van der Waals surface area contributed by atoms with E-state index in [4.69, 9.17) is 10.5 Å². The van der Waals surface area contributed by atoms with E-state index in [1.54, 1.807) is 7.11 Å². The van der Waals surface area contributed by atoms with Gasteiger partial charge in [0.1, 0.15) is 0 Å². The molecule has 1 atom stereocenters. The lowest BCUT2D eigenvalue weighted by atomic mass is 10.1. The minimum Gasteiger partial charge on any atom is -0.381 e. The van der Waals surface area contributed by atoms with E-state index in [9.17, 15) is 0 Å². The van der Waals surface area contributed by atoms with Crippen molar-refractivity contribution in [2.24, 2.45) is 5.73 Å². The Kier molecular flexibility index (Phi) is 5.08. The third-order valence-electron chi connectivity index (χ3n) is 2.16. The van der Waals surface area contributed by atoms with E-state index in [-0.39, 0.29) is 6.04 Å². The summed E-state index contributed by atoms with van der Waals surface area (Å²) >= 11 is 3.51. The summed E-state index contributed by atoms with van der Waals surface area (Å²) in [5.41, 5.74) is 7.78. The summed E-state index contributed by atoms with van der Waals surface area (Å²) in [5.74, 6) is 0. The number of hydrogen-bond acceptors (Lipinski definition) is 3. The Labute approximate surface area is 99.1 Å². The first-order chi connectivity index (χ1) is 7.19. The molecule has 0 heterocycles. The quantitative estimate of drug-likeness (QED) is 0.865. The van der Waals surface area contributed by atoms with Crippen molar-refractivity contribution in [3.05, 3.63) is 28.2 Å². The molecule has 1 rings (SSSR count). The first-order valence-corrected chi connectivity index (χ1v) is 5.71. The maximum atomic E-state index is 5.58. The molecule has 15 heavy (non-hydrogen) atoms. The molecule has 0 fully saturated rings. The molecule has 1 aromatic carbocycles. The lowest BCUT2D eigenvalue weighted by Gasteiger charge is -2.17. The minimum atomic E-state index is 0.259. The van der Waals surface area contributed by atoms with Crippen molar-refractivity contribution in [2.45, 2.75) is 19.6 Å². The van der Waals surface area contributed by atoms with Gasteiger partial charge in [0.2, 0.25) is 0 Å². The number of ether oxygens (including phenoxy) is 1. The van der Waals surface area contributed by atoms with Crippen LogP contribution in [0.4, 0.5) is 5.69 Å². The van der Waals surface area contributed by atoms with Crippen molar-refractivity contribution in [3.63, 3.8) is 0 Å². The summed E-state index contributed by atoms with van der Waals surface area (Å²) in [4.78, 5) is 0. The summed E-state index contributed by atoms with van der Waals surface area (Å²) < 4.78 is 6.22. The Hall–Kier alpha value is -0.580. The Morgan fingerprint density at radius 1 is 1.53 bits per heavy atom. The molecule has 0 saturated carbocycles. The summed E-state index contributed by atoms with van der Waals surface area (Å²) in [6, 6.07) is 6.29. The number of rotatable bonds is 5. The van der Waals surface area contributed by atoms with Gasteiger partial charge in [-0.1, -0.05) is 22.0 Å². The number of methoxy groups -OCH3 is 1. The van der Waals surface area contributed by atoms with Gasteiger partial charge >= 0.3 is 0 Å². The molecule has 0 amide bonds. The second-order valence-electron chi connectivity index (χ2n) is 3.48. The van der Waals surface area contributed by atoms with Crippen molar-refractivity contribution >= 4 is 21.6 Å². The minimum absolute atomic E-state index is 0.259. The second kappa shape index (κ2) is 6.10. The molecule has 1 unspecified atom stereocenters. The van der Waals surface area contributed by atoms with E-state index >= 15 is 0 Å².